The lowest BCUT2D eigenvalue weighted by Crippen LogP contribution is -2.18. The fourth-order valence-electron chi connectivity index (χ4n) is 1.69. The van der Waals surface area contributed by atoms with Gasteiger partial charge in [0, 0.05) is 5.92 Å². The topological polar surface area (TPSA) is 69.7 Å². The molecule has 0 aliphatic carbocycles. The molecule has 5 heteroatoms. The maximum Gasteiger partial charge on any atom is 0.345 e. The molecule has 19 heavy (non-hydrogen) atoms. The van der Waals surface area contributed by atoms with Gasteiger partial charge in [0.25, 0.3) is 0 Å². The molecular formula is C14H14O5. The zero-order valence-electron chi connectivity index (χ0n) is 10.7. The third-order valence-electron chi connectivity index (χ3n) is 2.66. The smallest absolute Gasteiger partial charge is 0.345 e. The van der Waals surface area contributed by atoms with Crippen molar-refractivity contribution in [3.05, 3.63) is 41.5 Å². The molecule has 0 bridgehead atoms. The van der Waals surface area contributed by atoms with Crippen molar-refractivity contribution in [2.45, 2.75) is 12.3 Å². The summed E-state index contributed by atoms with van der Waals surface area (Å²) in [7, 11) is 2.41. The number of benzene rings is 1. The van der Waals surface area contributed by atoms with Crippen molar-refractivity contribution < 1.29 is 23.9 Å². The summed E-state index contributed by atoms with van der Waals surface area (Å²) in [4.78, 5) is 33.9. The lowest BCUT2D eigenvalue weighted by molar-refractivity contribution is -0.141. The second kappa shape index (κ2) is 7.13. The second-order valence-corrected chi connectivity index (χ2v) is 3.75. The van der Waals surface area contributed by atoms with E-state index in [9.17, 15) is 14.4 Å². The molecule has 1 aromatic rings. The Labute approximate surface area is 110 Å². The van der Waals surface area contributed by atoms with Crippen LogP contribution in [0.5, 0.6) is 0 Å². The molecule has 1 unspecified atom stereocenters. The van der Waals surface area contributed by atoms with E-state index in [0.717, 1.165) is 0 Å². The highest BCUT2D eigenvalue weighted by atomic mass is 16.5. The van der Waals surface area contributed by atoms with E-state index in [1.165, 1.54) is 14.2 Å². The molecule has 0 aliphatic rings. The molecule has 0 saturated carbocycles. The molecule has 0 N–H and O–H groups in total. The third kappa shape index (κ3) is 3.79. The van der Waals surface area contributed by atoms with Crippen LogP contribution in [0.3, 0.4) is 0 Å². The highest BCUT2D eigenvalue weighted by molar-refractivity contribution is 5.99. The van der Waals surface area contributed by atoms with Gasteiger partial charge in [-0.15, -0.1) is 0 Å². The molecule has 5 nitrogen and oxygen atoms in total. The lowest BCUT2D eigenvalue weighted by Gasteiger charge is -2.15. The zero-order chi connectivity index (χ0) is 14.3. The molecule has 100 valence electrons. The monoisotopic (exact) mass is 262 g/mol. The molecule has 1 aromatic carbocycles. The van der Waals surface area contributed by atoms with Gasteiger partial charge in [-0.1, -0.05) is 30.3 Å². The van der Waals surface area contributed by atoms with Crippen LogP contribution in [0.4, 0.5) is 0 Å². The van der Waals surface area contributed by atoms with Crippen LogP contribution in [0.1, 0.15) is 17.9 Å². The molecule has 0 aromatic heterocycles. The number of carbonyl (C=O) groups is 2. The van der Waals surface area contributed by atoms with Crippen LogP contribution in [0.25, 0.3) is 0 Å². The first-order chi connectivity index (χ1) is 9.13. The van der Waals surface area contributed by atoms with Crippen LogP contribution in [-0.4, -0.2) is 32.1 Å². The van der Waals surface area contributed by atoms with Gasteiger partial charge in [0.05, 0.1) is 20.6 Å². The molecule has 0 saturated heterocycles. The van der Waals surface area contributed by atoms with Gasteiger partial charge in [-0.05, 0) is 5.56 Å². The molecular weight excluding hydrogens is 248 g/mol. The number of hydrogen-bond acceptors (Lipinski definition) is 5. The molecule has 0 amide bonds. The van der Waals surface area contributed by atoms with E-state index >= 15 is 0 Å². The van der Waals surface area contributed by atoms with Crippen LogP contribution in [0.2, 0.25) is 0 Å². The molecule has 0 heterocycles. The van der Waals surface area contributed by atoms with Gasteiger partial charge in [-0.25, -0.2) is 9.59 Å². The van der Waals surface area contributed by atoms with Crippen LogP contribution in [0.15, 0.2) is 35.9 Å². The van der Waals surface area contributed by atoms with Crippen molar-refractivity contribution in [1.82, 2.24) is 0 Å². The Morgan fingerprint density at radius 2 is 1.79 bits per heavy atom. The van der Waals surface area contributed by atoms with E-state index in [-0.39, 0.29) is 12.0 Å². The Kier molecular flexibility index (Phi) is 5.51. The fourth-order valence-corrected chi connectivity index (χ4v) is 1.69. The van der Waals surface area contributed by atoms with Gasteiger partial charge in [0.1, 0.15) is 11.5 Å². The zero-order valence-corrected chi connectivity index (χ0v) is 10.7. The van der Waals surface area contributed by atoms with E-state index in [1.807, 2.05) is 0 Å². The van der Waals surface area contributed by atoms with Crippen molar-refractivity contribution >= 4 is 17.9 Å². The third-order valence-corrected chi connectivity index (χ3v) is 2.66. The maximum atomic E-state index is 11.6. The van der Waals surface area contributed by atoms with Crippen molar-refractivity contribution in [2.24, 2.45) is 0 Å². The van der Waals surface area contributed by atoms with Crippen molar-refractivity contribution in [3.8, 4) is 0 Å². The Morgan fingerprint density at radius 1 is 1.16 bits per heavy atom. The summed E-state index contributed by atoms with van der Waals surface area (Å²) in [5, 5.41) is 0. The predicted octanol–water partition coefficient (Wildman–Crippen LogP) is 1.26. The van der Waals surface area contributed by atoms with Crippen LogP contribution in [-0.2, 0) is 23.9 Å². The lowest BCUT2D eigenvalue weighted by atomic mass is 9.89. The maximum absolute atomic E-state index is 11.6. The first kappa shape index (κ1) is 14.7. The van der Waals surface area contributed by atoms with Crippen molar-refractivity contribution in [3.63, 3.8) is 0 Å². The SMILES string of the molecule is COC(=O)CC(C(=C=O)C(=O)OC)c1ccccc1. The number of ether oxygens (including phenoxy) is 2. The second-order valence-electron chi connectivity index (χ2n) is 3.75. The van der Waals surface area contributed by atoms with Gasteiger partial charge in [0.2, 0.25) is 0 Å². The van der Waals surface area contributed by atoms with Gasteiger partial charge in [-0.2, -0.15) is 0 Å². The number of rotatable bonds is 5. The fraction of sp³-hybridized carbons (Fsp3) is 0.286. The van der Waals surface area contributed by atoms with Crippen LogP contribution < -0.4 is 0 Å². The summed E-state index contributed by atoms with van der Waals surface area (Å²) in [5.41, 5.74) is 0.427. The summed E-state index contributed by atoms with van der Waals surface area (Å²) in [6.45, 7) is 0. The Morgan fingerprint density at radius 3 is 2.26 bits per heavy atom. The summed E-state index contributed by atoms with van der Waals surface area (Å²) < 4.78 is 9.11. The van der Waals surface area contributed by atoms with E-state index in [4.69, 9.17) is 0 Å². The molecule has 0 aliphatic heterocycles. The summed E-state index contributed by atoms with van der Waals surface area (Å²) >= 11 is 0. The number of esters is 2. The van der Waals surface area contributed by atoms with Crippen LogP contribution >= 0.6 is 0 Å². The molecule has 0 spiro atoms. The Hall–Kier alpha value is -2.39. The molecule has 1 atom stereocenters. The minimum absolute atomic E-state index is 0.125. The normalized spacial score (nSPS) is 11.1. The number of carbonyl (C=O) groups excluding carboxylic acids is 3. The molecule has 0 fully saturated rings. The summed E-state index contributed by atoms with van der Waals surface area (Å²) in [5.74, 6) is -0.479. The van der Waals surface area contributed by atoms with E-state index in [1.54, 1.807) is 36.3 Å². The van der Waals surface area contributed by atoms with E-state index in [0.29, 0.717) is 5.56 Å². The molecule has 0 radical (unpaired) electrons. The predicted molar refractivity (Wildman–Crippen MR) is 67.0 cm³/mol. The van der Waals surface area contributed by atoms with Crippen LogP contribution in [0, 0.1) is 0 Å². The average molecular weight is 262 g/mol. The largest absolute Gasteiger partial charge is 0.469 e. The minimum atomic E-state index is -0.798. The Balaban J connectivity index is 3.16. The van der Waals surface area contributed by atoms with Gasteiger partial charge in [-0.3, -0.25) is 4.79 Å². The highest BCUT2D eigenvalue weighted by Crippen LogP contribution is 2.27. The van der Waals surface area contributed by atoms with Gasteiger partial charge in [0.15, 0.2) is 0 Å². The summed E-state index contributed by atoms with van der Waals surface area (Å²) in [6.07, 6.45) is -0.125. The first-order valence-corrected chi connectivity index (χ1v) is 5.59. The minimum Gasteiger partial charge on any atom is -0.469 e. The quantitative estimate of drug-likeness (QED) is 0.454. The summed E-state index contributed by atoms with van der Waals surface area (Å²) in [6, 6.07) is 8.72. The average Bonchev–Trinajstić information content (AvgIpc) is 2.47. The van der Waals surface area contributed by atoms with E-state index < -0.39 is 17.9 Å². The van der Waals surface area contributed by atoms with Crippen molar-refractivity contribution in [2.75, 3.05) is 14.2 Å². The number of methoxy groups -OCH3 is 2. The standard InChI is InChI=1S/C14H14O5/c1-18-13(16)8-11(10-6-4-3-5-7-10)12(9-15)14(17)19-2/h3-7,11H,8H2,1-2H3. The number of hydrogen-bond donors (Lipinski definition) is 0. The molecule has 1 rings (SSSR count). The van der Waals surface area contributed by atoms with Gasteiger partial charge >= 0.3 is 11.9 Å². The Bertz CT molecular complexity index is 500. The van der Waals surface area contributed by atoms with Gasteiger partial charge < -0.3 is 9.47 Å². The highest BCUT2D eigenvalue weighted by Gasteiger charge is 2.27. The van der Waals surface area contributed by atoms with E-state index in [2.05, 4.69) is 9.47 Å². The first-order valence-electron chi connectivity index (χ1n) is 5.59. The van der Waals surface area contributed by atoms with Crippen molar-refractivity contribution in [1.29, 1.82) is 0 Å².